The largest absolute Gasteiger partial charge is 0.355 e. The quantitative estimate of drug-likeness (QED) is 0.528. The Kier molecular flexibility index (Phi) is 8.27. The smallest absolute Gasteiger partial charge is 0.251 e. The van der Waals surface area contributed by atoms with Gasteiger partial charge in [-0.1, -0.05) is 0 Å². The molecule has 2 unspecified atom stereocenters. The van der Waals surface area contributed by atoms with Gasteiger partial charge in [0, 0.05) is 24.2 Å². The van der Waals surface area contributed by atoms with Crippen LogP contribution in [-0.2, 0) is 9.59 Å². The van der Waals surface area contributed by atoms with Crippen LogP contribution in [0.25, 0.3) is 0 Å². The van der Waals surface area contributed by atoms with Crippen molar-refractivity contribution in [2.75, 3.05) is 13.1 Å². The Bertz CT molecular complexity index is 601. The summed E-state index contributed by atoms with van der Waals surface area (Å²) < 4.78 is 0. The van der Waals surface area contributed by atoms with E-state index in [2.05, 4.69) is 21.3 Å². The molecular weight excluding hydrogens is 336 g/mol. The van der Waals surface area contributed by atoms with Crippen molar-refractivity contribution in [2.24, 2.45) is 0 Å². The van der Waals surface area contributed by atoms with Crippen LogP contribution in [0.15, 0.2) is 24.3 Å². The summed E-state index contributed by atoms with van der Waals surface area (Å²) >= 11 is 0. The van der Waals surface area contributed by atoms with Crippen molar-refractivity contribution >= 4 is 23.6 Å². The average molecular weight is 362 g/mol. The van der Waals surface area contributed by atoms with Gasteiger partial charge in [-0.3, -0.25) is 19.2 Å². The molecule has 0 radical (unpaired) electrons. The number of amides is 4. The molecule has 1 aromatic rings. The van der Waals surface area contributed by atoms with Gasteiger partial charge in [-0.05, 0) is 52.0 Å². The molecule has 1 aromatic carbocycles. The molecule has 4 amide bonds. The molecule has 4 N–H and O–H groups in total. The van der Waals surface area contributed by atoms with Gasteiger partial charge in [0.25, 0.3) is 11.8 Å². The van der Waals surface area contributed by atoms with Gasteiger partial charge in [-0.25, -0.2) is 0 Å². The molecular formula is C18H26N4O4. The maximum Gasteiger partial charge on any atom is 0.251 e. The van der Waals surface area contributed by atoms with Gasteiger partial charge in [0.15, 0.2) is 0 Å². The Labute approximate surface area is 153 Å². The lowest BCUT2D eigenvalue weighted by Gasteiger charge is -2.14. The summed E-state index contributed by atoms with van der Waals surface area (Å²) in [5, 5.41) is 10.4. The van der Waals surface area contributed by atoms with Crippen LogP contribution in [0.3, 0.4) is 0 Å². The van der Waals surface area contributed by atoms with E-state index in [1.54, 1.807) is 27.7 Å². The highest BCUT2D eigenvalue weighted by Gasteiger charge is 2.18. The normalized spacial score (nSPS) is 12.5. The minimum absolute atomic E-state index is 0.267. The molecule has 0 aliphatic carbocycles. The van der Waals surface area contributed by atoms with Crippen molar-refractivity contribution < 1.29 is 19.2 Å². The Morgan fingerprint density at radius 1 is 0.731 bits per heavy atom. The molecule has 0 saturated heterocycles. The topological polar surface area (TPSA) is 116 Å². The predicted molar refractivity (Wildman–Crippen MR) is 97.7 cm³/mol. The van der Waals surface area contributed by atoms with Crippen molar-refractivity contribution in [1.29, 1.82) is 0 Å². The summed E-state index contributed by atoms with van der Waals surface area (Å²) in [6.45, 7) is 7.74. The number of hydrogen-bond donors (Lipinski definition) is 4. The first-order valence-corrected chi connectivity index (χ1v) is 8.57. The Hall–Kier alpha value is -2.90. The van der Waals surface area contributed by atoms with Crippen molar-refractivity contribution in [3.05, 3.63) is 35.4 Å². The second-order valence-corrected chi connectivity index (χ2v) is 5.76. The van der Waals surface area contributed by atoms with Crippen LogP contribution in [0.5, 0.6) is 0 Å². The number of likely N-dealkylation sites (N-methyl/N-ethyl adjacent to an activating group) is 2. The maximum atomic E-state index is 12.1. The molecule has 0 fully saturated rings. The zero-order chi connectivity index (χ0) is 19.7. The third-order valence-corrected chi connectivity index (χ3v) is 3.59. The van der Waals surface area contributed by atoms with Gasteiger partial charge in [0.05, 0.1) is 0 Å². The summed E-state index contributed by atoms with van der Waals surface area (Å²) in [7, 11) is 0. The van der Waals surface area contributed by atoms with E-state index in [-0.39, 0.29) is 11.8 Å². The van der Waals surface area contributed by atoms with E-state index in [1.165, 1.54) is 24.3 Å². The molecule has 0 aromatic heterocycles. The fourth-order valence-corrected chi connectivity index (χ4v) is 2.12. The molecule has 0 spiro atoms. The fraction of sp³-hybridized carbons (Fsp3) is 0.444. The second kappa shape index (κ2) is 10.2. The van der Waals surface area contributed by atoms with Gasteiger partial charge in [-0.2, -0.15) is 0 Å². The third-order valence-electron chi connectivity index (χ3n) is 3.59. The summed E-state index contributed by atoms with van der Waals surface area (Å²) in [6, 6.07) is 4.64. The highest BCUT2D eigenvalue weighted by Crippen LogP contribution is 2.05. The van der Waals surface area contributed by atoms with Gasteiger partial charge >= 0.3 is 0 Å². The van der Waals surface area contributed by atoms with Gasteiger partial charge in [0.1, 0.15) is 12.1 Å². The SMILES string of the molecule is CCNC(=O)C(C)NC(=O)c1ccc(C(=O)NC(C)C(=O)NCC)cc1. The highest BCUT2D eigenvalue weighted by atomic mass is 16.2. The van der Waals surface area contributed by atoms with Crippen molar-refractivity contribution in [1.82, 2.24) is 21.3 Å². The molecule has 0 bridgehead atoms. The first-order chi connectivity index (χ1) is 12.3. The van der Waals surface area contributed by atoms with Crippen molar-refractivity contribution in [3.63, 3.8) is 0 Å². The standard InChI is InChI=1S/C18H26N4O4/c1-5-19-15(23)11(3)21-17(25)13-7-9-14(10-8-13)18(26)22-12(4)16(24)20-6-2/h7-12H,5-6H2,1-4H3,(H,19,23)(H,20,24)(H,21,25)(H,22,26). The molecule has 8 heteroatoms. The molecule has 26 heavy (non-hydrogen) atoms. The lowest BCUT2D eigenvalue weighted by Crippen LogP contribution is -2.45. The van der Waals surface area contributed by atoms with Crippen molar-refractivity contribution in [3.8, 4) is 0 Å². The summed E-state index contributed by atoms with van der Waals surface area (Å²) in [5.41, 5.74) is 0.656. The first-order valence-electron chi connectivity index (χ1n) is 8.57. The van der Waals surface area contributed by atoms with E-state index in [0.29, 0.717) is 24.2 Å². The van der Waals surface area contributed by atoms with Crippen molar-refractivity contribution in [2.45, 2.75) is 39.8 Å². The van der Waals surface area contributed by atoms with Crippen LogP contribution in [0.2, 0.25) is 0 Å². The molecule has 2 atom stereocenters. The van der Waals surface area contributed by atoms with E-state index < -0.39 is 23.9 Å². The van der Waals surface area contributed by atoms with Gasteiger partial charge in [-0.15, -0.1) is 0 Å². The predicted octanol–water partition coefficient (Wildman–Crippen LogP) is 0.195. The number of carbonyl (C=O) groups is 4. The lowest BCUT2D eigenvalue weighted by molar-refractivity contribution is -0.123. The zero-order valence-corrected chi connectivity index (χ0v) is 15.5. The highest BCUT2D eigenvalue weighted by molar-refractivity contribution is 6.00. The molecule has 1 rings (SSSR count). The molecule has 0 heterocycles. The van der Waals surface area contributed by atoms with E-state index in [4.69, 9.17) is 0 Å². The summed E-state index contributed by atoms with van der Waals surface area (Å²) in [4.78, 5) is 47.6. The van der Waals surface area contributed by atoms with Gasteiger partial charge in [0.2, 0.25) is 11.8 Å². The molecule has 8 nitrogen and oxygen atoms in total. The van der Waals surface area contributed by atoms with Crippen LogP contribution in [-0.4, -0.2) is 48.8 Å². The van der Waals surface area contributed by atoms with Crippen LogP contribution < -0.4 is 21.3 Å². The summed E-state index contributed by atoms with van der Waals surface area (Å²) in [6.07, 6.45) is 0. The first kappa shape index (κ1) is 21.1. The van der Waals surface area contributed by atoms with Crippen LogP contribution in [0.4, 0.5) is 0 Å². The fourth-order valence-electron chi connectivity index (χ4n) is 2.12. The Balaban J connectivity index is 2.67. The van der Waals surface area contributed by atoms with E-state index >= 15 is 0 Å². The Morgan fingerprint density at radius 2 is 1.04 bits per heavy atom. The molecule has 0 aliphatic heterocycles. The number of rotatable bonds is 8. The minimum Gasteiger partial charge on any atom is -0.355 e. The molecule has 142 valence electrons. The van der Waals surface area contributed by atoms with E-state index in [9.17, 15) is 19.2 Å². The number of nitrogens with one attached hydrogen (secondary N) is 4. The zero-order valence-electron chi connectivity index (χ0n) is 15.5. The second-order valence-electron chi connectivity index (χ2n) is 5.76. The third kappa shape index (κ3) is 6.19. The maximum absolute atomic E-state index is 12.1. The summed E-state index contributed by atoms with van der Waals surface area (Å²) in [5.74, 6) is -1.36. The van der Waals surface area contributed by atoms with Gasteiger partial charge < -0.3 is 21.3 Å². The van der Waals surface area contributed by atoms with Crippen LogP contribution >= 0.6 is 0 Å². The molecule has 0 aliphatic rings. The molecule has 0 saturated carbocycles. The average Bonchev–Trinajstić information content (AvgIpc) is 2.62. The van der Waals surface area contributed by atoms with Crippen LogP contribution in [0.1, 0.15) is 48.4 Å². The minimum atomic E-state index is -0.664. The monoisotopic (exact) mass is 362 g/mol. The Morgan fingerprint density at radius 3 is 1.31 bits per heavy atom. The number of benzene rings is 1. The number of carbonyl (C=O) groups excluding carboxylic acids is 4. The van der Waals surface area contributed by atoms with E-state index in [0.717, 1.165) is 0 Å². The lowest BCUT2D eigenvalue weighted by atomic mass is 10.1. The number of hydrogen-bond acceptors (Lipinski definition) is 4. The van der Waals surface area contributed by atoms with Crippen LogP contribution in [0, 0.1) is 0 Å². The van der Waals surface area contributed by atoms with E-state index in [1.807, 2.05) is 0 Å².